The third-order valence-electron chi connectivity index (χ3n) is 10.3. The highest BCUT2D eigenvalue weighted by atomic mass is 14.4. The van der Waals surface area contributed by atoms with Gasteiger partial charge in [0, 0.05) is 0 Å². The van der Waals surface area contributed by atoms with Crippen LogP contribution in [0.3, 0.4) is 0 Å². The zero-order valence-corrected chi connectivity index (χ0v) is 26.4. The molecule has 0 aromatic carbocycles. The van der Waals surface area contributed by atoms with Gasteiger partial charge in [-0.3, -0.25) is 0 Å². The number of rotatable bonds is 24. The van der Waals surface area contributed by atoms with Gasteiger partial charge in [-0.25, -0.2) is 0 Å². The first-order chi connectivity index (χ1) is 16.8. The quantitative estimate of drug-likeness (QED) is 0.0931. The van der Waals surface area contributed by atoms with Gasteiger partial charge in [0.05, 0.1) is 0 Å². The highest BCUT2D eigenvalue weighted by molar-refractivity contribution is 5.02. The SMILES string of the molecule is CCCCCC(CC)CCCCC(CCC)C(CC)(CC)CC=C(C)CCCCC(C)(CC)CC. The molecule has 2 atom stereocenters. The zero-order valence-electron chi connectivity index (χ0n) is 26.4. The monoisotopic (exact) mass is 491 g/mol. The van der Waals surface area contributed by atoms with Crippen molar-refractivity contribution in [3.8, 4) is 0 Å². The van der Waals surface area contributed by atoms with Gasteiger partial charge < -0.3 is 0 Å². The van der Waals surface area contributed by atoms with Gasteiger partial charge in [0.25, 0.3) is 0 Å². The van der Waals surface area contributed by atoms with E-state index in [0.717, 1.165) is 11.8 Å². The van der Waals surface area contributed by atoms with Crippen LogP contribution in [0.1, 0.15) is 191 Å². The first-order valence-corrected chi connectivity index (χ1v) is 16.5. The minimum atomic E-state index is 0.519. The van der Waals surface area contributed by atoms with Crippen LogP contribution in [0.4, 0.5) is 0 Å². The summed E-state index contributed by atoms with van der Waals surface area (Å²) in [5, 5.41) is 0. The fourth-order valence-corrected chi connectivity index (χ4v) is 6.49. The van der Waals surface area contributed by atoms with E-state index < -0.39 is 0 Å². The molecule has 2 unspecified atom stereocenters. The van der Waals surface area contributed by atoms with E-state index in [1.807, 2.05) is 0 Å². The third kappa shape index (κ3) is 14.3. The van der Waals surface area contributed by atoms with Gasteiger partial charge in [-0.2, -0.15) is 0 Å². The van der Waals surface area contributed by atoms with Crippen molar-refractivity contribution >= 4 is 0 Å². The summed E-state index contributed by atoms with van der Waals surface area (Å²) in [6.45, 7) is 21.7. The van der Waals surface area contributed by atoms with Crippen molar-refractivity contribution in [2.24, 2.45) is 22.7 Å². The lowest BCUT2D eigenvalue weighted by molar-refractivity contribution is 0.121. The maximum atomic E-state index is 2.66. The van der Waals surface area contributed by atoms with Crippen LogP contribution in [-0.4, -0.2) is 0 Å². The Bertz CT molecular complexity index is 490. The fraction of sp³-hybridized carbons (Fsp3) is 0.943. The van der Waals surface area contributed by atoms with E-state index in [9.17, 15) is 0 Å². The van der Waals surface area contributed by atoms with Crippen molar-refractivity contribution in [1.82, 2.24) is 0 Å². The minimum absolute atomic E-state index is 0.519. The van der Waals surface area contributed by atoms with Gasteiger partial charge in [-0.15, -0.1) is 0 Å². The summed E-state index contributed by atoms with van der Waals surface area (Å²) in [6, 6.07) is 0. The molecule has 0 amide bonds. The highest BCUT2D eigenvalue weighted by Crippen LogP contribution is 2.45. The molecule has 0 nitrogen and oxygen atoms in total. The summed E-state index contributed by atoms with van der Waals surface area (Å²) in [6.07, 6.45) is 30.5. The topological polar surface area (TPSA) is 0 Å². The molecule has 0 saturated carbocycles. The van der Waals surface area contributed by atoms with Crippen molar-refractivity contribution in [2.45, 2.75) is 191 Å². The van der Waals surface area contributed by atoms with Crippen LogP contribution in [0, 0.1) is 22.7 Å². The smallest absolute Gasteiger partial charge is 0.0240 e. The average Bonchev–Trinajstić information content (AvgIpc) is 2.88. The molecule has 0 fully saturated rings. The minimum Gasteiger partial charge on any atom is -0.0850 e. The lowest BCUT2D eigenvalue weighted by Crippen LogP contribution is -2.29. The second-order valence-corrected chi connectivity index (χ2v) is 12.6. The van der Waals surface area contributed by atoms with Crippen LogP contribution < -0.4 is 0 Å². The lowest BCUT2D eigenvalue weighted by Gasteiger charge is -2.40. The summed E-state index contributed by atoms with van der Waals surface area (Å²) in [4.78, 5) is 0. The predicted octanol–water partition coefficient (Wildman–Crippen LogP) is 13.1. The first kappa shape index (κ1) is 34.7. The van der Waals surface area contributed by atoms with Crippen molar-refractivity contribution < 1.29 is 0 Å². The van der Waals surface area contributed by atoms with E-state index in [-0.39, 0.29) is 0 Å². The Balaban J connectivity index is 4.83. The molecule has 0 heteroatoms. The van der Waals surface area contributed by atoms with Gasteiger partial charge in [-0.1, -0.05) is 151 Å². The van der Waals surface area contributed by atoms with Gasteiger partial charge >= 0.3 is 0 Å². The Morgan fingerprint density at radius 3 is 1.77 bits per heavy atom. The lowest BCUT2D eigenvalue weighted by atomic mass is 9.65. The maximum absolute atomic E-state index is 2.66. The second kappa shape index (κ2) is 20.8. The third-order valence-corrected chi connectivity index (χ3v) is 10.3. The molecule has 0 heterocycles. The van der Waals surface area contributed by atoms with Gasteiger partial charge in [0.2, 0.25) is 0 Å². The van der Waals surface area contributed by atoms with Crippen LogP contribution in [0.2, 0.25) is 0 Å². The summed E-state index contributed by atoms with van der Waals surface area (Å²) < 4.78 is 0. The second-order valence-electron chi connectivity index (χ2n) is 12.6. The van der Waals surface area contributed by atoms with Crippen molar-refractivity contribution in [1.29, 1.82) is 0 Å². The normalized spacial score (nSPS) is 14.9. The molecule has 210 valence electrons. The van der Waals surface area contributed by atoms with Gasteiger partial charge in [0.1, 0.15) is 0 Å². The number of hydrogen-bond acceptors (Lipinski definition) is 0. The van der Waals surface area contributed by atoms with E-state index in [1.54, 1.807) is 5.57 Å². The van der Waals surface area contributed by atoms with Crippen LogP contribution in [0.5, 0.6) is 0 Å². The van der Waals surface area contributed by atoms with E-state index in [0.29, 0.717) is 10.8 Å². The van der Waals surface area contributed by atoms with Crippen LogP contribution >= 0.6 is 0 Å². The first-order valence-electron chi connectivity index (χ1n) is 16.5. The molecule has 0 rings (SSSR count). The zero-order chi connectivity index (χ0) is 26.6. The highest BCUT2D eigenvalue weighted by Gasteiger charge is 2.33. The van der Waals surface area contributed by atoms with E-state index in [2.05, 4.69) is 68.4 Å². The molecular formula is C35H70. The van der Waals surface area contributed by atoms with Crippen molar-refractivity contribution in [2.75, 3.05) is 0 Å². The number of allylic oxidation sites excluding steroid dienone is 2. The van der Waals surface area contributed by atoms with Gasteiger partial charge in [0.15, 0.2) is 0 Å². The fourth-order valence-electron chi connectivity index (χ4n) is 6.49. The Morgan fingerprint density at radius 2 is 1.26 bits per heavy atom. The summed E-state index contributed by atoms with van der Waals surface area (Å²) in [5.41, 5.74) is 2.74. The van der Waals surface area contributed by atoms with Gasteiger partial charge in [-0.05, 0) is 74.5 Å². The van der Waals surface area contributed by atoms with Crippen LogP contribution in [0.15, 0.2) is 11.6 Å². The molecule has 35 heavy (non-hydrogen) atoms. The Labute approximate surface area is 224 Å². The molecule has 0 aromatic rings. The van der Waals surface area contributed by atoms with Crippen LogP contribution in [0.25, 0.3) is 0 Å². The van der Waals surface area contributed by atoms with Crippen molar-refractivity contribution in [3.63, 3.8) is 0 Å². The largest absolute Gasteiger partial charge is 0.0850 e. The maximum Gasteiger partial charge on any atom is -0.0240 e. The summed E-state index contributed by atoms with van der Waals surface area (Å²) >= 11 is 0. The Morgan fingerprint density at radius 1 is 0.657 bits per heavy atom. The molecule has 0 aliphatic carbocycles. The molecule has 0 aliphatic heterocycles. The summed E-state index contributed by atoms with van der Waals surface area (Å²) in [5.74, 6) is 1.88. The standard InChI is InChI=1S/C35H70/c1-10-17-18-25-32(12-3)26-19-20-27-33(23-11-2)35(15-6,16-7)30-28-31(8)24-21-22-29-34(9,13-4)14-5/h28,32-33H,10-27,29-30H2,1-9H3. The number of hydrogen-bond donors (Lipinski definition) is 0. The molecular weight excluding hydrogens is 420 g/mol. The predicted molar refractivity (Wildman–Crippen MR) is 163 cm³/mol. The van der Waals surface area contributed by atoms with Crippen molar-refractivity contribution in [3.05, 3.63) is 11.6 Å². The molecule has 0 bridgehead atoms. The molecule has 0 aliphatic rings. The molecule has 0 aromatic heterocycles. The molecule has 0 N–H and O–H groups in total. The Kier molecular flexibility index (Phi) is 20.6. The summed E-state index contributed by atoms with van der Waals surface area (Å²) in [7, 11) is 0. The van der Waals surface area contributed by atoms with E-state index in [1.165, 1.54) is 128 Å². The Hall–Kier alpha value is -0.260. The molecule has 0 saturated heterocycles. The van der Waals surface area contributed by atoms with Crippen LogP contribution in [-0.2, 0) is 0 Å². The molecule has 0 spiro atoms. The van der Waals surface area contributed by atoms with E-state index in [4.69, 9.17) is 0 Å². The molecule has 0 radical (unpaired) electrons. The number of unbranched alkanes of at least 4 members (excludes halogenated alkanes) is 4. The van der Waals surface area contributed by atoms with E-state index >= 15 is 0 Å². The average molecular weight is 491 g/mol.